The number of nitrogens with zero attached hydrogens (tertiary/aromatic N) is 2. The van der Waals surface area contributed by atoms with Crippen LogP contribution < -0.4 is 0 Å². The van der Waals surface area contributed by atoms with E-state index in [1.807, 2.05) is 25.7 Å². The fourth-order valence-corrected chi connectivity index (χ4v) is 2.29. The Kier molecular flexibility index (Phi) is 6.11. The maximum atomic E-state index is 11.9. The average Bonchev–Trinajstić information content (AvgIpc) is 2.34. The molecule has 0 aromatic heterocycles. The molecule has 0 spiro atoms. The zero-order valence-corrected chi connectivity index (χ0v) is 13.2. The van der Waals surface area contributed by atoms with Crippen molar-refractivity contribution in [1.29, 1.82) is 0 Å². The van der Waals surface area contributed by atoms with E-state index >= 15 is 0 Å². The first-order valence-electron chi connectivity index (χ1n) is 7.48. The predicted molar refractivity (Wildman–Crippen MR) is 78.3 cm³/mol. The second-order valence-corrected chi connectivity index (χ2v) is 6.60. The summed E-state index contributed by atoms with van der Waals surface area (Å²) in [6.45, 7) is 11.9. The van der Waals surface area contributed by atoms with Crippen LogP contribution in [0.4, 0.5) is 4.79 Å². The first kappa shape index (κ1) is 16.3. The molecule has 1 amide bonds. The molecule has 0 aliphatic carbocycles. The zero-order valence-electron chi connectivity index (χ0n) is 13.2. The largest absolute Gasteiger partial charge is 0.444 e. The van der Waals surface area contributed by atoms with E-state index in [4.69, 9.17) is 4.74 Å². The summed E-state index contributed by atoms with van der Waals surface area (Å²) in [6.07, 6.45) is 3.30. The molecule has 0 atom stereocenters. The number of likely N-dealkylation sites (tertiary alicyclic amines) is 1. The van der Waals surface area contributed by atoms with E-state index in [0.29, 0.717) is 0 Å². The molecule has 1 aliphatic heterocycles. The van der Waals surface area contributed by atoms with Crippen molar-refractivity contribution in [3.8, 4) is 0 Å². The monoisotopic (exact) mass is 270 g/mol. The molecule has 4 heteroatoms. The van der Waals surface area contributed by atoms with Gasteiger partial charge in [-0.1, -0.05) is 6.92 Å². The van der Waals surface area contributed by atoms with E-state index in [9.17, 15) is 4.79 Å². The van der Waals surface area contributed by atoms with Crippen LogP contribution in [0.25, 0.3) is 0 Å². The van der Waals surface area contributed by atoms with Gasteiger partial charge in [-0.3, -0.25) is 0 Å². The molecule has 19 heavy (non-hydrogen) atoms. The Hall–Kier alpha value is -0.770. The molecule has 1 aliphatic rings. The molecule has 0 aromatic rings. The van der Waals surface area contributed by atoms with Crippen LogP contribution in [-0.2, 0) is 4.74 Å². The van der Waals surface area contributed by atoms with E-state index in [1.165, 1.54) is 6.42 Å². The summed E-state index contributed by atoms with van der Waals surface area (Å²) in [6, 6.07) is 0. The fourth-order valence-electron chi connectivity index (χ4n) is 2.29. The number of ether oxygens (including phenoxy) is 1. The van der Waals surface area contributed by atoms with E-state index in [-0.39, 0.29) is 6.09 Å². The highest BCUT2D eigenvalue weighted by Crippen LogP contribution is 2.22. The molecule has 0 unspecified atom stereocenters. The molecule has 1 rings (SSSR count). The van der Waals surface area contributed by atoms with Crippen LogP contribution >= 0.6 is 0 Å². The molecular formula is C15H30N2O2. The van der Waals surface area contributed by atoms with Gasteiger partial charge in [0.25, 0.3) is 0 Å². The normalized spacial score (nSPS) is 17.9. The molecule has 1 saturated heterocycles. The van der Waals surface area contributed by atoms with E-state index in [2.05, 4.69) is 18.9 Å². The molecule has 0 radical (unpaired) electrons. The first-order chi connectivity index (χ1) is 8.81. The van der Waals surface area contributed by atoms with Gasteiger partial charge in [0.2, 0.25) is 0 Å². The lowest BCUT2D eigenvalue weighted by molar-refractivity contribution is 0.0178. The van der Waals surface area contributed by atoms with Gasteiger partial charge >= 0.3 is 6.09 Å². The minimum absolute atomic E-state index is 0.156. The molecule has 0 bridgehead atoms. The summed E-state index contributed by atoms with van der Waals surface area (Å²) < 4.78 is 5.41. The number of carbonyl (C=O) groups excluding carboxylic acids is 1. The van der Waals surface area contributed by atoms with Crippen LogP contribution in [-0.4, -0.2) is 54.7 Å². The van der Waals surface area contributed by atoms with Crippen LogP contribution in [0.2, 0.25) is 0 Å². The van der Waals surface area contributed by atoms with Gasteiger partial charge in [0.1, 0.15) is 5.60 Å². The minimum Gasteiger partial charge on any atom is -0.444 e. The van der Waals surface area contributed by atoms with Crippen molar-refractivity contribution in [2.45, 2.75) is 52.6 Å². The number of carbonyl (C=O) groups is 1. The van der Waals surface area contributed by atoms with Crippen molar-refractivity contribution in [3.63, 3.8) is 0 Å². The quantitative estimate of drug-likeness (QED) is 0.787. The van der Waals surface area contributed by atoms with Crippen molar-refractivity contribution >= 4 is 6.09 Å². The summed E-state index contributed by atoms with van der Waals surface area (Å²) in [4.78, 5) is 16.1. The molecule has 4 nitrogen and oxygen atoms in total. The average molecular weight is 270 g/mol. The van der Waals surface area contributed by atoms with Gasteiger partial charge in [0.15, 0.2) is 0 Å². The lowest BCUT2D eigenvalue weighted by atomic mass is 9.93. The van der Waals surface area contributed by atoms with Crippen LogP contribution in [0.3, 0.4) is 0 Å². The van der Waals surface area contributed by atoms with Crippen LogP contribution in [0.1, 0.15) is 47.0 Å². The second kappa shape index (κ2) is 7.13. The Bertz CT molecular complexity index is 278. The number of amides is 1. The SMILES string of the molecule is CCN(C)CCC1CCN(C(=O)OC(C)(C)C)CC1. The fraction of sp³-hybridized carbons (Fsp3) is 0.933. The molecular weight excluding hydrogens is 240 g/mol. The molecule has 1 heterocycles. The van der Waals surface area contributed by atoms with Gasteiger partial charge in [-0.25, -0.2) is 4.79 Å². The Morgan fingerprint density at radius 1 is 1.32 bits per heavy atom. The second-order valence-electron chi connectivity index (χ2n) is 6.60. The molecule has 0 aromatic carbocycles. The van der Waals surface area contributed by atoms with Gasteiger partial charge in [0, 0.05) is 13.1 Å². The summed E-state index contributed by atoms with van der Waals surface area (Å²) in [7, 11) is 2.16. The third-order valence-electron chi connectivity index (χ3n) is 3.73. The zero-order chi connectivity index (χ0) is 14.5. The molecule has 0 N–H and O–H groups in total. The van der Waals surface area contributed by atoms with Crippen molar-refractivity contribution < 1.29 is 9.53 Å². The third-order valence-corrected chi connectivity index (χ3v) is 3.73. The van der Waals surface area contributed by atoms with Crippen LogP contribution in [0.15, 0.2) is 0 Å². The maximum Gasteiger partial charge on any atom is 0.410 e. The van der Waals surface area contributed by atoms with Crippen molar-refractivity contribution in [1.82, 2.24) is 9.80 Å². The van der Waals surface area contributed by atoms with E-state index < -0.39 is 5.60 Å². The lowest BCUT2D eigenvalue weighted by Crippen LogP contribution is -2.42. The highest BCUT2D eigenvalue weighted by Gasteiger charge is 2.26. The standard InChI is InChI=1S/C15H30N2O2/c1-6-16(5)10-7-13-8-11-17(12-9-13)14(18)19-15(2,3)4/h13H,6-12H2,1-5H3. The van der Waals surface area contributed by atoms with Gasteiger partial charge in [-0.2, -0.15) is 0 Å². The number of rotatable bonds is 4. The van der Waals surface area contributed by atoms with Gasteiger partial charge < -0.3 is 14.5 Å². The van der Waals surface area contributed by atoms with Crippen molar-refractivity contribution in [3.05, 3.63) is 0 Å². The summed E-state index contributed by atoms with van der Waals surface area (Å²) in [5, 5.41) is 0. The number of piperidine rings is 1. The van der Waals surface area contributed by atoms with E-state index in [1.54, 1.807) is 0 Å². The summed E-state index contributed by atoms with van der Waals surface area (Å²) >= 11 is 0. The smallest absolute Gasteiger partial charge is 0.410 e. The predicted octanol–water partition coefficient (Wildman–Crippen LogP) is 2.98. The Morgan fingerprint density at radius 3 is 2.37 bits per heavy atom. The highest BCUT2D eigenvalue weighted by molar-refractivity contribution is 5.68. The Labute approximate surface area is 118 Å². The molecule has 1 fully saturated rings. The summed E-state index contributed by atoms with van der Waals surface area (Å²) in [5.74, 6) is 0.757. The Morgan fingerprint density at radius 2 is 1.89 bits per heavy atom. The summed E-state index contributed by atoms with van der Waals surface area (Å²) in [5.41, 5.74) is -0.391. The maximum absolute atomic E-state index is 11.9. The van der Waals surface area contributed by atoms with Crippen LogP contribution in [0.5, 0.6) is 0 Å². The number of hydrogen-bond acceptors (Lipinski definition) is 3. The molecule has 112 valence electrons. The van der Waals surface area contributed by atoms with Gasteiger partial charge in [-0.15, -0.1) is 0 Å². The van der Waals surface area contributed by atoms with Gasteiger partial charge in [-0.05, 0) is 66.1 Å². The van der Waals surface area contributed by atoms with E-state index in [0.717, 1.165) is 44.9 Å². The minimum atomic E-state index is -0.391. The molecule has 0 saturated carbocycles. The van der Waals surface area contributed by atoms with Crippen molar-refractivity contribution in [2.75, 3.05) is 33.2 Å². The topological polar surface area (TPSA) is 32.8 Å². The third kappa shape index (κ3) is 6.28. The Balaban J connectivity index is 2.27. The number of hydrogen-bond donors (Lipinski definition) is 0. The van der Waals surface area contributed by atoms with Gasteiger partial charge in [0.05, 0.1) is 0 Å². The van der Waals surface area contributed by atoms with Crippen molar-refractivity contribution in [2.24, 2.45) is 5.92 Å². The lowest BCUT2D eigenvalue weighted by Gasteiger charge is -2.34. The first-order valence-corrected chi connectivity index (χ1v) is 7.48. The van der Waals surface area contributed by atoms with Crippen LogP contribution in [0, 0.1) is 5.92 Å². The highest BCUT2D eigenvalue weighted by atomic mass is 16.6.